The molecule has 22 heavy (non-hydrogen) atoms. The van der Waals surface area contributed by atoms with Crippen molar-refractivity contribution in [1.29, 1.82) is 0 Å². The molecule has 0 aliphatic carbocycles. The van der Waals surface area contributed by atoms with Crippen LogP contribution in [-0.2, 0) is 6.42 Å². The lowest BCUT2D eigenvalue weighted by Gasteiger charge is -2.12. The molecule has 1 aromatic carbocycles. The van der Waals surface area contributed by atoms with E-state index in [4.69, 9.17) is 21.1 Å². The highest BCUT2D eigenvalue weighted by molar-refractivity contribution is 7.14. The lowest BCUT2D eigenvalue weighted by atomic mass is 10.2. The minimum absolute atomic E-state index is 0.174. The molecule has 2 rings (SSSR count). The average Bonchev–Trinajstić information content (AvgIpc) is 2.88. The second-order valence-corrected chi connectivity index (χ2v) is 6.26. The average molecular weight is 340 g/mol. The predicted octanol–water partition coefficient (Wildman–Crippen LogP) is 4.54. The second kappa shape index (κ2) is 7.03. The number of benzene rings is 1. The standard InChI is InChI=1S/C16H18ClNO3S/c1-5-14-9(2)6-15(22-14)16(19)18-11-7-10(17)12(20-3)8-13(11)21-4/h6-8H,5H2,1-4H3,(H,18,19). The number of hydrogen-bond acceptors (Lipinski definition) is 4. The van der Waals surface area contributed by atoms with Crippen molar-refractivity contribution in [2.24, 2.45) is 0 Å². The van der Waals surface area contributed by atoms with Gasteiger partial charge in [-0.2, -0.15) is 0 Å². The van der Waals surface area contributed by atoms with Crippen molar-refractivity contribution in [2.45, 2.75) is 20.3 Å². The first-order valence-electron chi connectivity index (χ1n) is 6.82. The van der Waals surface area contributed by atoms with E-state index in [-0.39, 0.29) is 5.91 Å². The molecule has 0 radical (unpaired) electrons. The smallest absolute Gasteiger partial charge is 0.265 e. The largest absolute Gasteiger partial charge is 0.495 e. The van der Waals surface area contributed by atoms with Crippen molar-refractivity contribution >= 4 is 34.5 Å². The molecule has 0 saturated heterocycles. The Labute approximate surface area is 139 Å². The van der Waals surface area contributed by atoms with E-state index in [1.54, 1.807) is 12.1 Å². The fraction of sp³-hybridized carbons (Fsp3) is 0.312. The van der Waals surface area contributed by atoms with Crippen LogP contribution in [0.3, 0.4) is 0 Å². The van der Waals surface area contributed by atoms with E-state index < -0.39 is 0 Å². The summed E-state index contributed by atoms with van der Waals surface area (Å²) in [6.07, 6.45) is 0.918. The Balaban J connectivity index is 2.29. The van der Waals surface area contributed by atoms with Crippen molar-refractivity contribution in [1.82, 2.24) is 0 Å². The van der Waals surface area contributed by atoms with Crippen LogP contribution in [0.15, 0.2) is 18.2 Å². The molecule has 118 valence electrons. The number of carbonyl (C=O) groups is 1. The Morgan fingerprint density at radius 1 is 1.23 bits per heavy atom. The van der Waals surface area contributed by atoms with Gasteiger partial charge in [0.1, 0.15) is 11.5 Å². The summed E-state index contributed by atoms with van der Waals surface area (Å²) in [5.74, 6) is 0.822. The zero-order valence-corrected chi connectivity index (χ0v) is 14.5. The molecule has 4 nitrogen and oxygen atoms in total. The van der Waals surface area contributed by atoms with E-state index in [0.717, 1.165) is 12.0 Å². The first-order chi connectivity index (χ1) is 10.5. The summed E-state index contributed by atoms with van der Waals surface area (Å²) in [6, 6.07) is 5.17. The minimum Gasteiger partial charge on any atom is -0.495 e. The Morgan fingerprint density at radius 3 is 2.45 bits per heavy atom. The van der Waals surface area contributed by atoms with E-state index in [1.165, 1.54) is 30.4 Å². The van der Waals surface area contributed by atoms with Crippen molar-refractivity contribution in [3.8, 4) is 11.5 Å². The van der Waals surface area contributed by atoms with E-state index >= 15 is 0 Å². The summed E-state index contributed by atoms with van der Waals surface area (Å²) in [5.41, 5.74) is 1.65. The molecule has 0 aliphatic heterocycles. The van der Waals surface area contributed by atoms with Crippen molar-refractivity contribution in [2.75, 3.05) is 19.5 Å². The first-order valence-corrected chi connectivity index (χ1v) is 8.01. The predicted molar refractivity (Wildman–Crippen MR) is 90.9 cm³/mol. The molecule has 0 atom stereocenters. The van der Waals surface area contributed by atoms with Gasteiger partial charge in [0.2, 0.25) is 0 Å². The molecule has 0 saturated carbocycles. The monoisotopic (exact) mass is 339 g/mol. The van der Waals surface area contributed by atoms with Gasteiger partial charge < -0.3 is 14.8 Å². The lowest BCUT2D eigenvalue weighted by molar-refractivity contribution is 0.103. The van der Waals surface area contributed by atoms with Crippen molar-refractivity contribution in [3.05, 3.63) is 38.5 Å². The molecule has 0 spiro atoms. The number of halogens is 1. The maximum absolute atomic E-state index is 12.4. The zero-order valence-electron chi connectivity index (χ0n) is 13.0. The third-order valence-electron chi connectivity index (χ3n) is 3.29. The molecule has 0 fully saturated rings. The van der Waals surface area contributed by atoms with Gasteiger partial charge in [-0.3, -0.25) is 4.79 Å². The number of rotatable bonds is 5. The van der Waals surface area contributed by atoms with E-state index in [9.17, 15) is 4.79 Å². The molecule has 1 N–H and O–H groups in total. The Kier molecular flexibility index (Phi) is 5.32. The van der Waals surface area contributed by atoms with Gasteiger partial charge in [0.05, 0.1) is 29.8 Å². The zero-order chi connectivity index (χ0) is 16.3. The normalized spacial score (nSPS) is 10.4. The molecule has 1 aromatic heterocycles. The topological polar surface area (TPSA) is 47.6 Å². The number of hydrogen-bond donors (Lipinski definition) is 1. The minimum atomic E-state index is -0.174. The molecule has 2 aromatic rings. The van der Waals surface area contributed by atoms with Gasteiger partial charge >= 0.3 is 0 Å². The molecular weight excluding hydrogens is 322 g/mol. The van der Waals surface area contributed by atoms with Crippen LogP contribution in [0.4, 0.5) is 5.69 Å². The van der Waals surface area contributed by atoms with Gasteiger partial charge in [-0.15, -0.1) is 11.3 Å². The third-order valence-corrected chi connectivity index (χ3v) is 4.96. The quantitative estimate of drug-likeness (QED) is 0.869. The number of amides is 1. The van der Waals surface area contributed by atoms with E-state index in [1.807, 2.05) is 13.0 Å². The maximum atomic E-state index is 12.4. The Morgan fingerprint density at radius 2 is 1.91 bits per heavy atom. The number of nitrogens with one attached hydrogen (secondary N) is 1. The van der Waals surface area contributed by atoms with Gasteiger partial charge in [0, 0.05) is 10.9 Å². The van der Waals surface area contributed by atoms with Crippen LogP contribution in [0, 0.1) is 6.92 Å². The van der Waals surface area contributed by atoms with Crippen LogP contribution in [-0.4, -0.2) is 20.1 Å². The highest BCUT2D eigenvalue weighted by atomic mass is 35.5. The van der Waals surface area contributed by atoms with Crippen molar-refractivity contribution in [3.63, 3.8) is 0 Å². The molecule has 0 unspecified atom stereocenters. The molecule has 0 aliphatic rings. The highest BCUT2D eigenvalue weighted by Crippen LogP contribution is 2.36. The molecule has 1 amide bonds. The van der Waals surface area contributed by atoms with Gasteiger partial charge in [-0.05, 0) is 31.0 Å². The summed E-state index contributed by atoms with van der Waals surface area (Å²) in [4.78, 5) is 14.3. The fourth-order valence-electron chi connectivity index (χ4n) is 2.12. The number of anilines is 1. The summed E-state index contributed by atoms with van der Waals surface area (Å²) in [7, 11) is 3.06. The molecular formula is C16H18ClNO3S. The van der Waals surface area contributed by atoms with Crippen LogP contribution in [0.1, 0.15) is 27.0 Å². The Bertz CT molecular complexity index is 697. The number of carbonyl (C=O) groups excluding carboxylic acids is 1. The summed E-state index contributed by atoms with van der Waals surface area (Å²) in [6.45, 7) is 4.09. The van der Waals surface area contributed by atoms with Crippen LogP contribution < -0.4 is 14.8 Å². The van der Waals surface area contributed by atoms with E-state index in [2.05, 4.69) is 12.2 Å². The number of thiophene rings is 1. The van der Waals surface area contributed by atoms with E-state index in [0.29, 0.717) is 27.1 Å². The number of aryl methyl sites for hydroxylation is 2. The Hall–Kier alpha value is -1.72. The molecule has 1 heterocycles. The SMILES string of the molecule is CCc1sc(C(=O)Nc2cc(Cl)c(OC)cc2OC)cc1C. The number of methoxy groups -OCH3 is 2. The van der Waals surface area contributed by atoms with Gasteiger partial charge in [-0.1, -0.05) is 18.5 Å². The van der Waals surface area contributed by atoms with Crippen LogP contribution >= 0.6 is 22.9 Å². The first kappa shape index (κ1) is 16.6. The highest BCUT2D eigenvalue weighted by Gasteiger charge is 2.16. The van der Waals surface area contributed by atoms with Gasteiger partial charge in [-0.25, -0.2) is 0 Å². The lowest BCUT2D eigenvalue weighted by Crippen LogP contribution is -2.11. The number of ether oxygens (including phenoxy) is 2. The van der Waals surface area contributed by atoms with Crippen molar-refractivity contribution < 1.29 is 14.3 Å². The van der Waals surface area contributed by atoms with Crippen LogP contribution in [0.2, 0.25) is 5.02 Å². The van der Waals surface area contributed by atoms with Gasteiger partial charge in [0.15, 0.2) is 0 Å². The summed E-state index contributed by atoms with van der Waals surface area (Å²) < 4.78 is 10.4. The van der Waals surface area contributed by atoms with Crippen LogP contribution in [0.5, 0.6) is 11.5 Å². The molecule has 0 bridgehead atoms. The third kappa shape index (κ3) is 3.36. The summed E-state index contributed by atoms with van der Waals surface area (Å²) in [5, 5.41) is 3.25. The fourth-order valence-corrected chi connectivity index (χ4v) is 3.37. The summed E-state index contributed by atoms with van der Waals surface area (Å²) >= 11 is 7.61. The van der Waals surface area contributed by atoms with Gasteiger partial charge in [0.25, 0.3) is 5.91 Å². The second-order valence-electron chi connectivity index (χ2n) is 4.71. The maximum Gasteiger partial charge on any atom is 0.265 e. The molecule has 6 heteroatoms. The van der Waals surface area contributed by atoms with Crippen LogP contribution in [0.25, 0.3) is 0 Å².